The molecule has 3 amide bonds. The minimum absolute atomic E-state index is 0.174. The molecule has 1 saturated heterocycles. The molecule has 4 nitrogen and oxygen atoms in total. The Morgan fingerprint density at radius 3 is 2.48 bits per heavy atom. The Morgan fingerprint density at radius 1 is 1.07 bits per heavy atom. The topological polar surface area (TPSA) is 40.6 Å². The Morgan fingerprint density at radius 2 is 1.79 bits per heavy atom. The van der Waals surface area contributed by atoms with Crippen LogP contribution >= 0.6 is 23.4 Å². The summed E-state index contributed by atoms with van der Waals surface area (Å²) >= 11 is 7.75. The summed E-state index contributed by atoms with van der Waals surface area (Å²) in [6, 6.07) is 13.3. The van der Waals surface area contributed by atoms with Gasteiger partial charge >= 0.3 is 6.03 Å². The zero-order valence-electron chi connectivity index (χ0n) is 16.1. The molecule has 150 valence electrons. The number of halogens is 2. The van der Waals surface area contributed by atoms with Crippen molar-refractivity contribution in [2.75, 3.05) is 0 Å². The maximum absolute atomic E-state index is 13.4. The lowest BCUT2D eigenvalue weighted by molar-refractivity contribution is -0.136. The molecule has 2 aliphatic rings. The van der Waals surface area contributed by atoms with Crippen LogP contribution in [0.5, 0.6) is 0 Å². The summed E-state index contributed by atoms with van der Waals surface area (Å²) < 4.78 is 13.4. The molecule has 2 aliphatic heterocycles. The highest BCUT2D eigenvalue weighted by atomic mass is 35.5. The van der Waals surface area contributed by atoms with E-state index in [1.807, 2.05) is 44.2 Å². The van der Waals surface area contributed by atoms with Gasteiger partial charge in [0, 0.05) is 5.02 Å². The molecule has 4 rings (SSSR count). The number of carbonyl (C=O) groups is 2. The molecule has 7 heteroatoms. The Kier molecular flexibility index (Phi) is 5.40. The quantitative estimate of drug-likeness (QED) is 0.649. The molecule has 0 saturated carbocycles. The van der Waals surface area contributed by atoms with E-state index in [9.17, 15) is 14.0 Å². The van der Waals surface area contributed by atoms with E-state index in [0.717, 1.165) is 16.0 Å². The molecule has 0 aliphatic carbocycles. The average molecular weight is 431 g/mol. The number of benzene rings is 2. The number of fused-ring (bicyclic) bond motifs is 1. The lowest BCUT2D eigenvalue weighted by Crippen LogP contribution is -2.59. The van der Waals surface area contributed by atoms with Crippen LogP contribution in [0, 0.1) is 11.7 Å². The van der Waals surface area contributed by atoms with E-state index in [1.54, 1.807) is 11.0 Å². The number of hydrogen-bond acceptors (Lipinski definition) is 3. The van der Waals surface area contributed by atoms with E-state index >= 15 is 0 Å². The van der Waals surface area contributed by atoms with Crippen LogP contribution in [0.25, 0.3) is 0 Å². The number of thioether (sulfide) groups is 1. The molecule has 2 aromatic carbocycles. The number of carbonyl (C=O) groups excluding carboxylic acids is 2. The number of rotatable bonds is 4. The van der Waals surface area contributed by atoms with Crippen LogP contribution in [0.1, 0.15) is 25.0 Å². The average Bonchev–Trinajstić information content (AvgIpc) is 2.99. The van der Waals surface area contributed by atoms with Crippen molar-refractivity contribution in [3.05, 3.63) is 81.0 Å². The van der Waals surface area contributed by atoms with E-state index in [0.29, 0.717) is 5.56 Å². The predicted molar refractivity (Wildman–Crippen MR) is 113 cm³/mol. The molecule has 2 atom stereocenters. The summed E-state index contributed by atoms with van der Waals surface area (Å²) in [6.45, 7) is 4.35. The summed E-state index contributed by atoms with van der Waals surface area (Å²) in [5, 5.41) is -0.0478. The number of urea groups is 1. The predicted octanol–water partition coefficient (Wildman–Crippen LogP) is 5.43. The first kappa shape index (κ1) is 20.0. The van der Waals surface area contributed by atoms with Crippen LogP contribution in [-0.2, 0) is 17.9 Å². The minimum Gasteiger partial charge on any atom is -0.306 e. The van der Waals surface area contributed by atoms with E-state index < -0.39 is 5.82 Å². The monoisotopic (exact) mass is 430 g/mol. The van der Waals surface area contributed by atoms with Crippen molar-refractivity contribution >= 4 is 35.3 Å². The van der Waals surface area contributed by atoms with Gasteiger partial charge in [0.2, 0.25) is 5.91 Å². The van der Waals surface area contributed by atoms with Crippen molar-refractivity contribution < 1.29 is 14.0 Å². The second kappa shape index (κ2) is 7.84. The molecule has 0 bridgehead atoms. The third-order valence-corrected chi connectivity index (χ3v) is 7.26. The van der Waals surface area contributed by atoms with Gasteiger partial charge < -0.3 is 4.90 Å². The third-order valence-electron chi connectivity index (χ3n) is 5.46. The van der Waals surface area contributed by atoms with Crippen molar-refractivity contribution in [2.45, 2.75) is 32.3 Å². The summed E-state index contributed by atoms with van der Waals surface area (Å²) in [5.41, 5.74) is 2.53. The van der Waals surface area contributed by atoms with Gasteiger partial charge in [-0.05, 0) is 47.6 Å². The van der Waals surface area contributed by atoms with Crippen molar-refractivity contribution in [2.24, 2.45) is 5.92 Å². The van der Waals surface area contributed by atoms with Crippen LogP contribution in [0.4, 0.5) is 9.18 Å². The van der Waals surface area contributed by atoms with Gasteiger partial charge in [-0.1, -0.05) is 48.0 Å². The molecule has 0 N–H and O–H groups in total. The van der Waals surface area contributed by atoms with Gasteiger partial charge in [-0.15, -0.1) is 11.8 Å². The van der Waals surface area contributed by atoms with Gasteiger partial charge in [0.25, 0.3) is 0 Å². The smallest absolute Gasteiger partial charge is 0.306 e. The van der Waals surface area contributed by atoms with Gasteiger partial charge in [-0.3, -0.25) is 9.69 Å². The maximum Gasteiger partial charge on any atom is 0.328 e. The highest BCUT2D eigenvalue weighted by molar-refractivity contribution is 8.03. The standard InChI is InChI=1S/C22H20ClFN2O2S/c1-13-14(2)29-21-19(13)20(27)25(11-15-6-4-3-5-7-15)22(28)26(21)12-16-8-9-17(24)10-18(16)23/h3-10,19,21H,11-12H2,1-2H3. The largest absolute Gasteiger partial charge is 0.328 e. The molecule has 2 aromatic rings. The van der Waals surface area contributed by atoms with Gasteiger partial charge in [-0.25, -0.2) is 9.18 Å². The molecule has 0 aromatic heterocycles. The zero-order chi connectivity index (χ0) is 20.7. The Labute approximate surface area is 178 Å². The second-order valence-corrected chi connectivity index (χ2v) is 9.02. The van der Waals surface area contributed by atoms with Gasteiger partial charge in [0.1, 0.15) is 5.82 Å². The Balaban J connectivity index is 1.69. The number of nitrogens with zero attached hydrogens (tertiary/aromatic N) is 2. The number of amides is 3. The molecule has 29 heavy (non-hydrogen) atoms. The minimum atomic E-state index is -0.425. The molecule has 0 radical (unpaired) electrons. The van der Waals surface area contributed by atoms with E-state index in [-0.39, 0.29) is 41.3 Å². The van der Waals surface area contributed by atoms with Gasteiger partial charge in [0.05, 0.1) is 24.4 Å². The first-order chi connectivity index (χ1) is 13.9. The normalized spacial score (nSPS) is 21.8. The van der Waals surface area contributed by atoms with Crippen LogP contribution < -0.4 is 0 Å². The van der Waals surface area contributed by atoms with Crippen molar-refractivity contribution in [3.63, 3.8) is 0 Å². The van der Waals surface area contributed by atoms with Crippen LogP contribution in [-0.4, -0.2) is 27.1 Å². The van der Waals surface area contributed by atoms with E-state index in [2.05, 4.69) is 0 Å². The summed E-state index contributed by atoms with van der Waals surface area (Å²) in [4.78, 5) is 30.7. The summed E-state index contributed by atoms with van der Waals surface area (Å²) in [7, 11) is 0. The molecule has 2 heterocycles. The highest BCUT2D eigenvalue weighted by Crippen LogP contribution is 2.47. The highest BCUT2D eigenvalue weighted by Gasteiger charge is 2.50. The maximum atomic E-state index is 13.4. The van der Waals surface area contributed by atoms with Crippen LogP contribution in [0.2, 0.25) is 5.02 Å². The first-order valence-electron chi connectivity index (χ1n) is 9.30. The molecular formula is C22H20ClFN2O2S. The van der Waals surface area contributed by atoms with Crippen molar-refractivity contribution in [1.82, 2.24) is 9.80 Å². The fraction of sp³-hybridized carbons (Fsp3) is 0.273. The fourth-order valence-electron chi connectivity index (χ4n) is 3.75. The van der Waals surface area contributed by atoms with Crippen molar-refractivity contribution in [3.8, 4) is 0 Å². The Hall–Kier alpha value is -2.31. The SMILES string of the molecule is CC1=C(C)C2C(=O)N(Cc3ccccc3)C(=O)N(Cc3ccc(F)cc3Cl)C2S1. The molecular weight excluding hydrogens is 411 g/mol. The second-order valence-electron chi connectivity index (χ2n) is 7.28. The summed E-state index contributed by atoms with van der Waals surface area (Å²) in [5.74, 6) is -0.987. The number of allylic oxidation sites excluding steroid dienone is 1. The van der Waals surface area contributed by atoms with Crippen LogP contribution in [0.15, 0.2) is 59.0 Å². The first-order valence-corrected chi connectivity index (χ1v) is 10.6. The zero-order valence-corrected chi connectivity index (χ0v) is 17.6. The van der Waals surface area contributed by atoms with Crippen LogP contribution in [0.3, 0.4) is 0 Å². The Bertz CT molecular complexity index is 1010. The fourth-order valence-corrected chi connectivity index (χ4v) is 5.40. The summed E-state index contributed by atoms with van der Waals surface area (Å²) in [6.07, 6.45) is 0. The van der Waals surface area contributed by atoms with Gasteiger partial charge in [-0.2, -0.15) is 0 Å². The number of hydrogen-bond donors (Lipinski definition) is 0. The van der Waals surface area contributed by atoms with Crippen molar-refractivity contribution in [1.29, 1.82) is 0 Å². The molecule has 1 fully saturated rings. The van der Waals surface area contributed by atoms with Gasteiger partial charge in [0.15, 0.2) is 0 Å². The third kappa shape index (κ3) is 3.67. The molecule has 2 unspecified atom stereocenters. The lowest BCUT2D eigenvalue weighted by atomic mass is 9.95. The van der Waals surface area contributed by atoms with E-state index in [1.165, 1.54) is 28.8 Å². The molecule has 0 spiro atoms. The lowest BCUT2D eigenvalue weighted by Gasteiger charge is -2.42. The van der Waals surface area contributed by atoms with E-state index in [4.69, 9.17) is 11.6 Å². The number of imide groups is 1.